The number of benzene rings is 1. The normalized spacial score (nSPS) is 20.3. The van der Waals surface area contributed by atoms with E-state index in [1.165, 1.54) is 18.4 Å². The van der Waals surface area contributed by atoms with Gasteiger partial charge in [-0.15, -0.1) is 0 Å². The van der Waals surface area contributed by atoms with E-state index >= 15 is 0 Å². The number of aryl methyl sites for hydroxylation is 1. The quantitative estimate of drug-likeness (QED) is 0.477. The number of cyclic esters (lactones) is 1. The van der Waals surface area contributed by atoms with Crippen molar-refractivity contribution in [3.63, 3.8) is 0 Å². The van der Waals surface area contributed by atoms with Gasteiger partial charge in [0.15, 0.2) is 0 Å². The molecule has 122 valence electrons. The molecule has 0 N–H and O–H groups in total. The summed E-state index contributed by atoms with van der Waals surface area (Å²) in [4.78, 5) is 23.0. The fourth-order valence-electron chi connectivity index (χ4n) is 2.92. The van der Waals surface area contributed by atoms with Crippen LogP contribution in [-0.2, 0) is 20.7 Å². The lowest BCUT2D eigenvalue weighted by Crippen LogP contribution is -2.43. The predicted octanol–water partition coefficient (Wildman–Crippen LogP) is 4.34. The average Bonchev–Trinajstić information content (AvgIpc) is 2.51. The van der Waals surface area contributed by atoms with Crippen LogP contribution in [-0.4, -0.2) is 17.9 Å². The minimum absolute atomic E-state index is 0. The van der Waals surface area contributed by atoms with Gasteiger partial charge in [0.05, 0.1) is 5.92 Å². The third-order valence-electron chi connectivity index (χ3n) is 4.42. The molecule has 2 rings (SSSR count). The molecule has 22 heavy (non-hydrogen) atoms. The number of rotatable bonds is 10. The molecule has 1 fully saturated rings. The summed E-state index contributed by atoms with van der Waals surface area (Å²) in [6.07, 6.45) is 7.40. The summed E-state index contributed by atoms with van der Waals surface area (Å²) in [5, 5.41) is 0. The van der Waals surface area contributed by atoms with Crippen LogP contribution in [0.2, 0.25) is 0 Å². The second-order valence-electron chi connectivity index (χ2n) is 6.23. The van der Waals surface area contributed by atoms with Crippen molar-refractivity contribution in [3.05, 3.63) is 35.9 Å². The minimum Gasteiger partial charge on any atom is -0.461 e. The summed E-state index contributed by atoms with van der Waals surface area (Å²) < 4.78 is 4.90. The fraction of sp³-hybridized carbons (Fsp3) is 0.579. The highest BCUT2D eigenvalue weighted by Crippen LogP contribution is 2.26. The van der Waals surface area contributed by atoms with E-state index in [9.17, 15) is 9.59 Å². The van der Waals surface area contributed by atoms with Gasteiger partial charge in [-0.1, -0.05) is 43.2 Å². The van der Waals surface area contributed by atoms with E-state index < -0.39 is 0 Å². The third-order valence-corrected chi connectivity index (χ3v) is 4.42. The molecule has 0 amide bonds. The first-order valence-electron chi connectivity index (χ1n) is 8.43. The van der Waals surface area contributed by atoms with Crippen molar-refractivity contribution in [2.24, 2.45) is 5.92 Å². The number of carbonyl (C=O) groups is 2. The monoisotopic (exact) mass is 304 g/mol. The lowest BCUT2D eigenvalue weighted by Gasteiger charge is -2.32. The smallest absolute Gasteiger partial charge is 0.313 e. The molecule has 3 nitrogen and oxygen atoms in total. The van der Waals surface area contributed by atoms with Crippen molar-refractivity contribution < 1.29 is 15.8 Å². The highest BCUT2D eigenvalue weighted by atomic mass is 16.6. The van der Waals surface area contributed by atoms with Gasteiger partial charge >= 0.3 is 5.97 Å². The van der Waals surface area contributed by atoms with E-state index in [2.05, 4.69) is 24.3 Å². The topological polar surface area (TPSA) is 43.4 Å². The number of ether oxygens (including phenoxy) is 1. The van der Waals surface area contributed by atoms with E-state index in [0.717, 1.165) is 19.3 Å². The second-order valence-corrected chi connectivity index (χ2v) is 6.23. The average molecular weight is 304 g/mol. The van der Waals surface area contributed by atoms with Gasteiger partial charge in [-0.3, -0.25) is 9.59 Å². The summed E-state index contributed by atoms with van der Waals surface area (Å²) in [7, 11) is 0. The summed E-state index contributed by atoms with van der Waals surface area (Å²) in [6, 6.07) is 10.5. The molecule has 1 aliphatic rings. The van der Waals surface area contributed by atoms with E-state index in [0.29, 0.717) is 19.3 Å². The minimum atomic E-state index is -0.138. The van der Waals surface area contributed by atoms with Gasteiger partial charge in [-0.25, -0.2) is 0 Å². The summed E-state index contributed by atoms with van der Waals surface area (Å²) in [5.41, 5.74) is 1.39. The van der Waals surface area contributed by atoms with Crippen LogP contribution in [0.3, 0.4) is 0 Å². The Bertz CT molecular complexity index is 487. The van der Waals surface area contributed by atoms with Crippen LogP contribution < -0.4 is 0 Å². The van der Waals surface area contributed by atoms with Crippen molar-refractivity contribution in [1.29, 1.82) is 0 Å². The maximum absolute atomic E-state index is 11.8. The first kappa shape index (κ1) is 16.7. The number of carbonyl (C=O) groups excluding carboxylic acids is 2. The fourth-order valence-corrected chi connectivity index (χ4v) is 2.92. The maximum Gasteiger partial charge on any atom is 0.313 e. The van der Waals surface area contributed by atoms with Gasteiger partial charge < -0.3 is 4.74 Å². The lowest BCUT2D eigenvalue weighted by atomic mass is 9.91. The number of unbranched alkanes of at least 4 members (excludes halogenated alkanes) is 3. The van der Waals surface area contributed by atoms with Crippen LogP contribution in [0.1, 0.15) is 58.9 Å². The molecule has 1 heterocycles. The molecule has 1 saturated heterocycles. The van der Waals surface area contributed by atoms with E-state index in [-0.39, 0.29) is 25.2 Å². The molecule has 1 aromatic rings. The Morgan fingerprint density at radius 3 is 2.50 bits per heavy atom. The standard InChI is InChI=1S/C19H26O3.H2/c1-15-18(19(21)22-15)14-13-17(20)12-8-3-2-5-9-16-10-6-4-7-11-16;/h4,6-7,10-11,15,18H,2-3,5,8-9,12-14H2,1H3;1H/t15-,18+;/m0./s1. The lowest BCUT2D eigenvalue weighted by molar-refractivity contribution is -0.182. The Morgan fingerprint density at radius 1 is 1.09 bits per heavy atom. The number of esters is 1. The molecule has 0 aliphatic carbocycles. The van der Waals surface area contributed by atoms with Gasteiger partial charge in [0.1, 0.15) is 11.9 Å². The number of ketones is 1. The zero-order valence-corrected chi connectivity index (χ0v) is 13.4. The molecule has 0 aromatic heterocycles. The zero-order chi connectivity index (χ0) is 15.8. The highest BCUT2D eigenvalue weighted by molar-refractivity contribution is 5.81. The van der Waals surface area contributed by atoms with Gasteiger partial charge in [-0.2, -0.15) is 0 Å². The van der Waals surface area contributed by atoms with Crippen molar-refractivity contribution in [1.82, 2.24) is 0 Å². The Hall–Kier alpha value is -1.64. The maximum atomic E-state index is 11.8. The first-order valence-corrected chi connectivity index (χ1v) is 8.43. The van der Waals surface area contributed by atoms with Crippen LogP contribution in [0.4, 0.5) is 0 Å². The van der Waals surface area contributed by atoms with Crippen molar-refractivity contribution >= 4 is 11.8 Å². The molecule has 0 radical (unpaired) electrons. The number of Topliss-reactive ketones (excluding diaryl/α,β-unsaturated/α-hetero) is 1. The Labute approximate surface area is 134 Å². The summed E-state index contributed by atoms with van der Waals surface area (Å²) in [5.74, 6) is 0.103. The van der Waals surface area contributed by atoms with Crippen molar-refractivity contribution in [3.8, 4) is 0 Å². The van der Waals surface area contributed by atoms with Crippen LogP contribution in [0.25, 0.3) is 0 Å². The van der Waals surface area contributed by atoms with Gasteiger partial charge in [0.25, 0.3) is 0 Å². The Kier molecular flexibility index (Phi) is 6.63. The van der Waals surface area contributed by atoms with Crippen molar-refractivity contribution in [2.75, 3.05) is 0 Å². The molecule has 3 heteroatoms. The van der Waals surface area contributed by atoms with Crippen LogP contribution in [0, 0.1) is 5.92 Å². The van der Waals surface area contributed by atoms with E-state index in [1.54, 1.807) is 0 Å². The molecule has 0 unspecified atom stereocenters. The zero-order valence-electron chi connectivity index (χ0n) is 13.4. The molecular weight excluding hydrogens is 276 g/mol. The Morgan fingerprint density at radius 2 is 1.82 bits per heavy atom. The highest BCUT2D eigenvalue weighted by Gasteiger charge is 2.38. The third kappa shape index (κ3) is 5.28. The molecule has 1 aromatic carbocycles. The molecule has 0 saturated carbocycles. The molecule has 0 bridgehead atoms. The predicted molar refractivity (Wildman–Crippen MR) is 88.6 cm³/mol. The SMILES string of the molecule is C[C@@H]1OC(=O)[C@@H]1CCC(=O)CCCCCCc1ccccc1.[HH]. The van der Waals surface area contributed by atoms with E-state index in [4.69, 9.17) is 4.74 Å². The van der Waals surface area contributed by atoms with E-state index in [1.807, 2.05) is 13.0 Å². The van der Waals surface area contributed by atoms with Gasteiger partial charge in [-0.05, 0) is 38.2 Å². The first-order chi connectivity index (χ1) is 10.7. The number of hydrogen-bond acceptors (Lipinski definition) is 3. The molecule has 2 atom stereocenters. The van der Waals surface area contributed by atoms with Crippen LogP contribution >= 0.6 is 0 Å². The number of hydrogen-bond donors (Lipinski definition) is 0. The van der Waals surface area contributed by atoms with Crippen LogP contribution in [0.15, 0.2) is 30.3 Å². The van der Waals surface area contributed by atoms with Gasteiger partial charge in [0.2, 0.25) is 0 Å². The summed E-state index contributed by atoms with van der Waals surface area (Å²) >= 11 is 0. The molecule has 0 spiro atoms. The molecular formula is C19H28O3. The second kappa shape index (κ2) is 8.72. The van der Waals surface area contributed by atoms with Crippen LogP contribution in [0.5, 0.6) is 0 Å². The summed E-state index contributed by atoms with van der Waals surface area (Å²) in [6.45, 7) is 1.89. The van der Waals surface area contributed by atoms with Crippen molar-refractivity contribution in [2.45, 2.75) is 64.4 Å². The molecule has 1 aliphatic heterocycles. The Balaban J connectivity index is 0.00000264. The van der Waals surface area contributed by atoms with Gasteiger partial charge in [0, 0.05) is 14.3 Å². The largest absolute Gasteiger partial charge is 0.461 e.